The third-order valence-electron chi connectivity index (χ3n) is 1.74. The second kappa shape index (κ2) is 1.09. The molecule has 0 spiro atoms. The van der Waals surface area contributed by atoms with Gasteiger partial charge in [-0.1, -0.05) is 0 Å². The Morgan fingerprint density at radius 1 is 1.50 bits per heavy atom. The Balaban J connectivity index is 2.42. The molecule has 4 heteroatoms. The Labute approximate surface area is 48.2 Å². The van der Waals surface area contributed by atoms with E-state index in [1.54, 1.807) is 0 Å². The lowest BCUT2D eigenvalue weighted by Gasteiger charge is -1.86. The molecule has 0 radical (unpaired) electrons. The quantitative estimate of drug-likeness (QED) is 0.400. The van der Waals surface area contributed by atoms with Crippen molar-refractivity contribution in [3.63, 3.8) is 0 Å². The summed E-state index contributed by atoms with van der Waals surface area (Å²) in [5, 5.41) is -0.0671. The van der Waals surface area contributed by atoms with Crippen LogP contribution in [0, 0.1) is 0 Å². The molecular weight excluding hydrogens is 126 g/mol. The SMILES string of the molecule is O=S1(=O)CCN2CC21. The van der Waals surface area contributed by atoms with Crippen molar-refractivity contribution in [2.75, 3.05) is 18.8 Å². The molecule has 0 amide bonds. The zero-order chi connectivity index (χ0) is 5.78. The van der Waals surface area contributed by atoms with Gasteiger partial charge in [0.05, 0.1) is 5.75 Å². The molecule has 0 saturated carbocycles. The minimum absolute atomic E-state index is 0.0671. The zero-order valence-corrected chi connectivity index (χ0v) is 5.19. The molecule has 2 saturated heterocycles. The van der Waals surface area contributed by atoms with Crippen LogP contribution in [0.2, 0.25) is 0 Å². The highest BCUT2D eigenvalue weighted by Crippen LogP contribution is 2.29. The predicted octanol–water partition coefficient (Wildman–Crippen LogP) is -0.944. The topological polar surface area (TPSA) is 37.1 Å². The first-order valence-electron chi connectivity index (χ1n) is 2.66. The number of nitrogens with zero attached hydrogens (tertiary/aromatic N) is 1. The van der Waals surface area contributed by atoms with Crippen LogP contribution in [-0.4, -0.2) is 37.5 Å². The van der Waals surface area contributed by atoms with Gasteiger partial charge in [0.25, 0.3) is 0 Å². The number of rotatable bonds is 0. The summed E-state index contributed by atoms with van der Waals surface area (Å²) in [5.74, 6) is 0.387. The maximum absolute atomic E-state index is 10.8. The van der Waals surface area contributed by atoms with Crippen LogP contribution in [0.25, 0.3) is 0 Å². The van der Waals surface area contributed by atoms with Gasteiger partial charge in [-0.05, 0) is 0 Å². The van der Waals surface area contributed by atoms with Crippen molar-refractivity contribution >= 4 is 9.84 Å². The normalized spacial score (nSPS) is 48.5. The van der Waals surface area contributed by atoms with E-state index >= 15 is 0 Å². The van der Waals surface area contributed by atoms with Gasteiger partial charge in [-0.3, -0.25) is 4.90 Å². The minimum atomic E-state index is -2.62. The second-order valence-electron chi connectivity index (χ2n) is 2.32. The lowest BCUT2D eigenvalue weighted by Crippen LogP contribution is -2.08. The van der Waals surface area contributed by atoms with E-state index in [1.807, 2.05) is 4.90 Å². The highest BCUT2D eigenvalue weighted by Gasteiger charge is 2.50. The van der Waals surface area contributed by atoms with Crippen LogP contribution in [-0.2, 0) is 9.84 Å². The van der Waals surface area contributed by atoms with Crippen molar-refractivity contribution in [1.29, 1.82) is 0 Å². The molecule has 0 aromatic carbocycles. The maximum atomic E-state index is 10.8. The summed E-state index contributed by atoms with van der Waals surface area (Å²) < 4.78 is 21.5. The van der Waals surface area contributed by atoms with E-state index in [2.05, 4.69) is 0 Å². The van der Waals surface area contributed by atoms with E-state index in [0.717, 1.165) is 13.1 Å². The lowest BCUT2D eigenvalue weighted by atomic mass is 10.8. The van der Waals surface area contributed by atoms with Gasteiger partial charge in [0, 0.05) is 13.1 Å². The molecule has 2 heterocycles. The van der Waals surface area contributed by atoms with Crippen molar-refractivity contribution < 1.29 is 8.42 Å². The van der Waals surface area contributed by atoms with Crippen LogP contribution < -0.4 is 0 Å². The summed E-state index contributed by atoms with van der Waals surface area (Å²) >= 11 is 0. The predicted molar refractivity (Wildman–Crippen MR) is 29.1 cm³/mol. The van der Waals surface area contributed by atoms with E-state index in [9.17, 15) is 8.42 Å². The van der Waals surface area contributed by atoms with Crippen LogP contribution in [0.15, 0.2) is 0 Å². The van der Waals surface area contributed by atoms with E-state index in [4.69, 9.17) is 0 Å². The molecule has 3 nitrogen and oxygen atoms in total. The Kier molecular flexibility index (Phi) is 0.646. The Hall–Kier alpha value is -0.0900. The Bertz CT molecular complexity index is 208. The molecule has 0 aromatic rings. The summed E-state index contributed by atoms with van der Waals surface area (Å²) in [7, 11) is -2.62. The molecule has 2 fully saturated rings. The van der Waals surface area contributed by atoms with Crippen molar-refractivity contribution in [1.82, 2.24) is 4.90 Å². The summed E-state index contributed by atoms with van der Waals surface area (Å²) in [4.78, 5) is 1.97. The summed E-state index contributed by atoms with van der Waals surface area (Å²) in [6.07, 6.45) is 0. The first-order chi connectivity index (χ1) is 3.70. The Morgan fingerprint density at radius 3 is 2.38 bits per heavy atom. The van der Waals surface area contributed by atoms with E-state index in [0.29, 0.717) is 5.75 Å². The fourth-order valence-corrected chi connectivity index (χ4v) is 2.85. The molecule has 0 aromatic heterocycles. The number of hydrogen-bond donors (Lipinski definition) is 0. The second-order valence-corrected chi connectivity index (χ2v) is 4.59. The standard InChI is InChI=1S/C4H7NO2S/c6-8(7)2-1-5-3-4(5)8/h4H,1-3H2. The molecule has 2 atom stereocenters. The molecule has 2 aliphatic rings. The van der Waals surface area contributed by atoms with E-state index in [1.165, 1.54) is 0 Å². The van der Waals surface area contributed by atoms with Crippen molar-refractivity contribution in [2.45, 2.75) is 5.37 Å². The molecule has 0 N–H and O–H groups in total. The molecule has 2 aliphatic heterocycles. The Morgan fingerprint density at radius 2 is 2.25 bits per heavy atom. The summed E-state index contributed by atoms with van der Waals surface area (Å²) in [6.45, 7) is 1.56. The minimum Gasteiger partial charge on any atom is -0.283 e. The third-order valence-corrected chi connectivity index (χ3v) is 3.77. The van der Waals surface area contributed by atoms with Gasteiger partial charge in [-0.2, -0.15) is 0 Å². The van der Waals surface area contributed by atoms with E-state index < -0.39 is 9.84 Å². The number of sulfone groups is 1. The number of fused-ring (bicyclic) bond motifs is 1. The van der Waals surface area contributed by atoms with Gasteiger partial charge in [-0.25, -0.2) is 8.42 Å². The van der Waals surface area contributed by atoms with Crippen LogP contribution in [0.1, 0.15) is 0 Å². The van der Waals surface area contributed by atoms with Crippen LogP contribution in [0.3, 0.4) is 0 Å². The highest BCUT2D eigenvalue weighted by molar-refractivity contribution is 7.92. The average Bonchev–Trinajstić information content (AvgIpc) is 2.34. The van der Waals surface area contributed by atoms with Crippen molar-refractivity contribution in [2.24, 2.45) is 0 Å². The summed E-state index contributed by atoms with van der Waals surface area (Å²) in [5.41, 5.74) is 0. The third kappa shape index (κ3) is 0.444. The van der Waals surface area contributed by atoms with E-state index in [-0.39, 0.29) is 5.37 Å². The first-order valence-corrected chi connectivity index (χ1v) is 4.37. The lowest BCUT2D eigenvalue weighted by molar-refractivity contribution is 0.596. The molecule has 0 aliphatic carbocycles. The smallest absolute Gasteiger partial charge is 0.168 e. The molecule has 0 bridgehead atoms. The van der Waals surface area contributed by atoms with Crippen molar-refractivity contribution in [3.05, 3.63) is 0 Å². The first kappa shape index (κ1) is 4.76. The molecule has 8 heavy (non-hydrogen) atoms. The molecule has 2 rings (SSSR count). The monoisotopic (exact) mass is 133 g/mol. The van der Waals surface area contributed by atoms with Gasteiger partial charge < -0.3 is 0 Å². The molecular formula is C4H7NO2S. The van der Waals surface area contributed by atoms with Crippen molar-refractivity contribution in [3.8, 4) is 0 Å². The highest BCUT2D eigenvalue weighted by atomic mass is 32.2. The van der Waals surface area contributed by atoms with Crippen LogP contribution >= 0.6 is 0 Å². The fraction of sp³-hybridized carbons (Fsp3) is 1.00. The van der Waals surface area contributed by atoms with Gasteiger partial charge >= 0.3 is 0 Å². The van der Waals surface area contributed by atoms with Crippen LogP contribution in [0.4, 0.5) is 0 Å². The van der Waals surface area contributed by atoms with Gasteiger partial charge in [0.1, 0.15) is 5.37 Å². The van der Waals surface area contributed by atoms with Gasteiger partial charge in [0.2, 0.25) is 0 Å². The maximum Gasteiger partial charge on any atom is 0.168 e. The fourth-order valence-electron chi connectivity index (χ4n) is 1.11. The van der Waals surface area contributed by atoms with Gasteiger partial charge in [0.15, 0.2) is 9.84 Å². The molecule has 46 valence electrons. The summed E-state index contributed by atoms with van der Waals surface area (Å²) in [6, 6.07) is 0. The van der Waals surface area contributed by atoms with Gasteiger partial charge in [-0.15, -0.1) is 0 Å². The average molecular weight is 133 g/mol. The zero-order valence-electron chi connectivity index (χ0n) is 4.37. The molecule has 2 unspecified atom stereocenters. The largest absolute Gasteiger partial charge is 0.283 e. The number of hydrogen-bond acceptors (Lipinski definition) is 3. The van der Waals surface area contributed by atoms with Crippen LogP contribution in [0.5, 0.6) is 0 Å².